The number of halogens is 4. The molecule has 3 aliphatic heterocycles. The molecule has 3 radical (unpaired) electrons. The Morgan fingerprint density at radius 1 is 0.649 bits per heavy atom. The van der Waals surface area contributed by atoms with E-state index in [1.54, 1.807) is 27.7 Å². The number of hydrogen-bond donors (Lipinski definition) is 4. The summed E-state index contributed by atoms with van der Waals surface area (Å²) in [5.41, 5.74) is 26.0. The van der Waals surface area contributed by atoms with Crippen molar-refractivity contribution in [1.29, 1.82) is 0 Å². The normalized spacial score (nSPS) is 30.6. The van der Waals surface area contributed by atoms with Gasteiger partial charge in [0, 0.05) is 98.1 Å². The van der Waals surface area contributed by atoms with Crippen LogP contribution in [0.25, 0.3) is 33.2 Å². The molecule has 0 amide bonds. The zero-order valence-electron chi connectivity index (χ0n) is 42.1. The molecule has 0 saturated carbocycles. The Bertz CT molecular complexity index is 2990. The van der Waals surface area contributed by atoms with Gasteiger partial charge in [0.25, 0.3) is 0 Å². The Hall–Kier alpha value is 2.29. The molecule has 0 aliphatic carbocycles. The molecule has 15 atom stereocenters. The van der Waals surface area contributed by atoms with Crippen LogP contribution in [0.1, 0.15) is 60.2 Å². The van der Waals surface area contributed by atoms with Crippen molar-refractivity contribution in [3.8, 4) is 0 Å². The molecule has 3 saturated heterocycles. The standard InChI is InChI=1S/C15H20ClFN3O2P.C14H20ClN4O2P.C13H20ClN6O2P.3W.3Y/c1-8-11(7-21-23-3)22-14(15(8,2)16)20-6-9(17)12-10(18)4-5-19-13(12)20;1-8-10(6-20-22-3)21-13(14(8,2)15)19-5-4-9-11(16)17-7-18-12(9)19;1-6-7(4-21-23-3)22-11(13(6,2)14)20-5-17-8-9(15)18-12(16)19-10(8)20;;;;;;/h4-6,8,11,14,23H,7H2,1-3H3,(H2,18,19);4-5,7-8,10,13,22H,6H2,1-3H3,(H2,16,17,18);5-7,11,23H,4H2,1-3H3,(H4,15,16,18,19);;;;;;/t8-,11-,14-,15-;8-,10-,13-,14-;6-,7-,11-,13-;;;;;;/m111....../s1. The van der Waals surface area contributed by atoms with Gasteiger partial charge in [-0.05, 0) is 0 Å². The minimum absolute atomic E-state index is 0. The maximum absolute atomic E-state index is 14.4. The van der Waals surface area contributed by atoms with Crippen molar-refractivity contribution < 1.29 is 187 Å². The third-order valence-corrected chi connectivity index (χ3v) is 20.6. The van der Waals surface area contributed by atoms with Gasteiger partial charge in [-0.3, -0.25) is 0 Å². The van der Waals surface area contributed by atoms with Crippen molar-refractivity contribution >= 4 is 109 Å². The largest absolute Gasteiger partial charge is 0 e. The monoisotopic (exact) mass is 1880 g/mol. The SMILES string of the molecule is C[C@@H]1[C@@H](CO[PH](C)=[W])O[C@@H](n2cc(F)c3c(N)ccnc32)[C@]1(C)Cl.C[C@@H]1[C@@H](CO[PH](C)=[W])O[C@@H](n2ccc3c(N)ncnc32)[C@]1(C)Cl.C[C@@H]1[C@@H](CO[PH](C)=[W])O[C@@H](n2cnc3c(N)nc(N)nc32)[C@]1(C)Cl.[Y].[Y].[Y]. The number of anilines is 4. The third-order valence-electron chi connectivity index (χ3n) is 13.5. The molecule has 74 heavy (non-hydrogen) atoms. The number of alkyl halides is 3. The molecule has 399 valence electrons. The fourth-order valence-corrected chi connectivity index (χ4v) is 13.1. The fraction of sp³-hybridized carbons (Fsp3) is 0.571. The van der Waals surface area contributed by atoms with E-state index in [1.165, 1.54) is 68.9 Å². The quantitative estimate of drug-likeness (QED) is 0.0668. The molecular formula is C42H60Cl3FN13O6P3W3Y3. The van der Waals surface area contributed by atoms with E-state index < -0.39 is 50.2 Å². The molecule has 3 unspecified atom stereocenters. The minimum atomic E-state index is -0.734. The first-order chi connectivity index (χ1) is 33.3. The van der Waals surface area contributed by atoms with Crippen LogP contribution < -0.4 is 22.9 Å². The number of ether oxygens (including phenoxy) is 3. The van der Waals surface area contributed by atoms with Crippen LogP contribution in [0.5, 0.6) is 0 Å². The molecule has 19 nitrogen and oxygen atoms in total. The maximum Gasteiger partial charge on any atom is 0 e. The van der Waals surface area contributed by atoms with Gasteiger partial charge in [-0.1, -0.05) is 0 Å². The van der Waals surface area contributed by atoms with Gasteiger partial charge in [0.15, 0.2) is 0 Å². The van der Waals surface area contributed by atoms with Crippen LogP contribution in [-0.2, 0) is 182 Å². The number of nitrogens with zero attached hydrogens (tertiary/aromatic N) is 9. The number of aromatic nitrogens is 9. The van der Waals surface area contributed by atoms with Gasteiger partial charge in [0.1, 0.15) is 0 Å². The minimum Gasteiger partial charge on any atom is 0 e. The Kier molecular flexibility index (Phi) is 26.7. The molecule has 3 aliphatic rings. The van der Waals surface area contributed by atoms with Gasteiger partial charge >= 0.3 is 464 Å². The van der Waals surface area contributed by atoms with Crippen LogP contribution >= 0.6 is 52.2 Å². The van der Waals surface area contributed by atoms with Crippen molar-refractivity contribution in [3.63, 3.8) is 0 Å². The molecule has 32 heteroatoms. The predicted octanol–water partition coefficient (Wildman–Crippen LogP) is 8.06. The first-order valence-corrected chi connectivity index (χ1v) is 42.2. The van der Waals surface area contributed by atoms with Crippen LogP contribution in [0.2, 0.25) is 0 Å². The van der Waals surface area contributed by atoms with Crippen molar-refractivity contribution in [1.82, 2.24) is 43.6 Å². The summed E-state index contributed by atoms with van der Waals surface area (Å²) < 4.78 is 55.9. The summed E-state index contributed by atoms with van der Waals surface area (Å²) >= 11 is 25.0. The number of hydrogen-bond acceptors (Lipinski definition) is 16. The van der Waals surface area contributed by atoms with E-state index in [9.17, 15) is 4.39 Å². The van der Waals surface area contributed by atoms with Gasteiger partial charge < -0.3 is 0 Å². The zero-order valence-corrected chi connectivity index (χ0v) is 64.7. The summed E-state index contributed by atoms with van der Waals surface area (Å²) in [5.74, 6) is -1.45. The molecule has 6 aromatic heterocycles. The first kappa shape index (κ1) is 68.8. The first-order valence-electron chi connectivity index (χ1n) is 22.4. The van der Waals surface area contributed by atoms with Crippen LogP contribution in [-0.4, -0.2) is 116 Å². The summed E-state index contributed by atoms with van der Waals surface area (Å²) in [6.45, 7) is 20.1. The molecule has 9 rings (SSSR count). The predicted molar refractivity (Wildman–Crippen MR) is 273 cm³/mol. The van der Waals surface area contributed by atoms with E-state index in [4.69, 9.17) is 85.5 Å². The topological polar surface area (TPSA) is 252 Å². The molecular weight excluding hydrogens is 1820 g/mol. The third kappa shape index (κ3) is 15.0. The van der Waals surface area contributed by atoms with E-state index in [1.807, 2.05) is 44.5 Å². The van der Waals surface area contributed by atoms with Gasteiger partial charge in [0.2, 0.25) is 0 Å². The Labute approximate surface area is 554 Å². The second kappa shape index (κ2) is 28.7. The summed E-state index contributed by atoms with van der Waals surface area (Å²) in [5, 5.41) is 1.12. The van der Waals surface area contributed by atoms with Crippen LogP contribution in [0, 0.1) is 23.6 Å². The Morgan fingerprint density at radius 2 is 1.12 bits per heavy atom. The van der Waals surface area contributed by atoms with E-state index in [0.29, 0.717) is 53.5 Å². The van der Waals surface area contributed by atoms with Crippen molar-refractivity contribution in [2.75, 3.05) is 62.7 Å². The average Bonchev–Trinajstić information content (AvgIpc) is 4.12. The summed E-state index contributed by atoms with van der Waals surface area (Å²) in [4.78, 5) is 23.2. The number of fused-ring (bicyclic) bond motifs is 3. The number of pyridine rings is 1. The maximum atomic E-state index is 14.4. The van der Waals surface area contributed by atoms with E-state index in [0.717, 1.165) is 11.0 Å². The Balaban J connectivity index is 0.000000236. The molecule has 0 spiro atoms. The number of imidazole rings is 1. The molecule has 9 heterocycles. The second-order valence-electron chi connectivity index (χ2n) is 18.3. The van der Waals surface area contributed by atoms with Crippen LogP contribution in [0.15, 0.2) is 43.4 Å². The zero-order chi connectivity index (χ0) is 52.1. The number of nitrogens with two attached hydrogens (primary N) is 4. The summed E-state index contributed by atoms with van der Waals surface area (Å²) in [6.07, 6.45) is 6.35. The average molecular weight is 1880 g/mol. The molecule has 0 bridgehead atoms. The van der Waals surface area contributed by atoms with Gasteiger partial charge in [-0.15, -0.1) is 0 Å². The van der Waals surface area contributed by atoms with Gasteiger partial charge in [-0.25, -0.2) is 0 Å². The second-order valence-corrected chi connectivity index (χ2v) is 43.1. The molecule has 3 fully saturated rings. The van der Waals surface area contributed by atoms with Crippen molar-refractivity contribution in [2.45, 2.75) is 93.2 Å². The molecule has 6 aromatic rings. The number of nitrogen functional groups attached to an aromatic ring is 4. The van der Waals surface area contributed by atoms with Crippen LogP contribution in [0.3, 0.4) is 0 Å². The van der Waals surface area contributed by atoms with E-state index >= 15 is 0 Å². The Morgan fingerprint density at radius 3 is 1.61 bits per heavy atom. The van der Waals surface area contributed by atoms with E-state index in [-0.39, 0.29) is 152 Å². The summed E-state index contributed by atoms with van der Waals surface area (Å²) in [7, 11) is 0. The van der Waals surface area contributed by atoms with Crippen LogP contribution in [0.4, 0.5) is 27.7 Å². The van der Waals surface area contributed by atoms with Crippen molar-refractivity contribution in [3.05, 3.63) is 49.2 Å². The smallest absolute Gasteiger partial charge is 0 e. The van der Waals surface area contributed by atoms with Gasteiger partial charge in [0.05, 0.1) is 0 Å². The van der Waals surface area contributed by atoms with E-state index in [2.05, 4.69) is 63.7 Å². The fourth-order valence-electron chi connectivity index (χ4n) is 8.82. The van der Waals surface area contributed by atoms with Gasteiger partial charge in [-0.2, -0.15) is 0 Å². The summed E-state index contributed by atoms with van der Waals surface area (Å²) in [6, 6.07) is 3.48. The number of rotatable bonds is 12. The molecule has 0 aromatic carbocycles. The molecule has 8 N–H and O–H groups in total. The van der Waals surface area contributed by atoms with Crippen molar-refractivity contribution in [2.24, 2.45) is 17.8 Å².